The van der Waals surface area contributed by atoms with Crippen LogP contribution in [0.3, 0.4) is 0 Å². The van der Waals surface area contributed by atoms with Crippen LogP contribution in [-0.2, 0) is 0 Å². The van der Waals surface area contributed by atoms with E-state index in [0.29, 0.717) is 5.75 Å². The van der Waals surface area contributed by atoms with Crippen LogP contribution in [0.1, 0.15) is 0 Å². The standard InChI is InChI=1S/C19H22ClFN2OS/c20-15-1-7-19(8-2-15)25-14-18(24)13-22-9-11-23(12-10-22)17-5-3-16(21)4-6-17/h1-8,18,24H,9-14H2/p+1/t18-/m1/s1. The number of anilines is 1. The van der Waals surface area contributed by atoms with Crippen molar-refractivity contribution in [2.75, 3.05) is 43.4 Å². The zero-order valence-corrected chi connectivity index (χ0v) is 15.6. The van der Waals surface area contributed by atoms with E-state index in [1.165, 1.54) is 17.0 Å². The third kappa shape index (κ3) is 5.61. The highest BCUT2D eigenvalue weighted by molar-refractivity contribution is 7.99. The van der Waals surface area contributed by atoms with Crippen molar-refractivity contribution in [3.05, 3.63) is 59.4 Å². The molecule has 1 saturated heterocycles. The van der Waals surface area contributed by atoms with Crippen LogP contribution in [-0.4, -0.2) is 49.7 Å². The molecule has 0 bridgehead atoms. The minimum Gasteiger partial charge on any atom is -0.386 e. The molecule has 0 radical (unpaired) electrons. The van der Waals surface area contributed by atoms with Gasteiger partial charge in [-0.05, 0) is 48.5 Å². The fourth-order valence-electron chi connectivity index (χ4n) is 3.05. The van der Waals surface area contributed by atoms with E-state index in [2.05, 4.69) is 4.90 Å². The van der Waals surface area contributed by atoms with Gasteiger partial charge in [-0.15, -0.1) is 11.8 Å². The summed E-state index contributed by atoms with van der Waals surface area (Å²) in [6.07, 6.45) is -0.326. The summed E-state index contributed by atoms with van der Waals surface area (Å²) < 4.78 is 13.0. The van der Waals surface area contributed by atoms with Gasteiger partial charge in [0.15, 0.2) is 0 Å². The number of nitrogens with zero attached hydrogens (tertiary/aromatic N) is 1. The number of aliphatic hydroxyl groups is 1. The Bertz CT molecular complexity index is 660. The molecule has 0 aromatic heterocycles. The van der Waals surface area contributed by atoms with Crippen molar-refractivity contribution in [2.24, 2.45) is 0 Å². The Hall–Kier alpha value is -1.27. The van der Waals surface area contributed by atoms with Crippen LogP contribution in [0.25, 0.3) is 0 Å². The Labute approximate surface area is 157 Å². The van der Waals surface area contributed by atoms with Gasteiger partial charge in [-0.25, -0.2) is 4.39 Å². The second-order valence-corrected chi connectivity index (χ2v) is 7.87. The minimum absolute atomic E-state index is 0.200. The van der Waals surface area contributed by atoms with Crippen LogP contribution >= 0.6 is 23.4 Å². The van der Waals surface area contributed by atoms with Crippen molar-refractivity contribution in [3.63, 3.8) is 0 Å². The molecule has 0 amide bonds. The van der Waals surface area contributed by atoms with Gasteiger partial charge in [0.1, 0.15) is 18.5 Å². The lowest BCUT2D eigenvalue weighted by Gasteiger charge is -2.34. The molecule has 1 aliphatic heterocycles. The van der Waals surface area contributed by atoms with Crippen molar-refractivity contribution >= 4 is 29.1 Å². The molecule has 1 atom stereocenters. The topological polar surface area (TPSA) is 27.9 Å². The van der Waals surface area contributed by atoms with E-state index in [-0.39, 0.29) is 11.9 Å². The number of rotatable bonds is 6. The van der Waals surface area contributed by atoms with Gasteiger partial charge >= 0.3 is 0 Å². The molecule has 2 aromatic rings. The molecule has 0 unspecified atom stereocenters. The lowest BCUT2D eigenvalue weighted by atomic mass is 10.2. The molecule has 2 N–H and O–H groups in total. The summed E-state index contributed by atoms with van der Waals surface area (Å²) in [5, 5.41) is 11.0. The number of nitrogens with one attached hydrogen (secondary N) is 1. The number of halogens is 2. The van der Waals surface area contributed by atoms with Gasteiger partial charge in [0, 0.05) is 21.4 Å². The number of benzene rings is 2. The van der Waals surface area contributed by atoms with Gasteiger partial charge < -0.3 is 14.9 Å². The number of piperazine rings is 1. The predicted octanol–water partition coefficient (Wildman–Crippen LogP) is 2.34. The summed E-state index contributed by atoms with van der Waals surface area (Å²) in [7, 11) is 0. The average Bonchev–Trinajstić information content (AvgIpc) is 2.63. The highest BCUT2D eigenvalue weighted by atomic mass is 35.5. The van der Waals surface area contributed by atoms with E-state index in [9.17, 15) is 9.50 Å². The summed E-state index contributed by atoms with van der Waals surface area (Å²) >= 11 is 7.54. The lowest BCUT2D eigenvalue weighted by Crippen LogP contribution is -3.15. The molecule has 1 heterocycles. The van der Waals surface area contributed by atoms with Crippen molar-refractivity contribution in [1.29, 1.82) is 0 Å². The van der Waals surface area contributed by atoms with Crippen LogP contribution < -0.4 is 9.80 Å². The first-order valence-corrected chi connectivity index (χ1v) is 9.87. The van der Waals surface area contributed by atoms with Crippen molar-refractivity contribution in [2.45, 2.75) is 11.0 Å². The molecule has 1 fully saturated rings. The van der Waals surface area contributed by atoms with Crippen LogP contribution in [0.4, 0.5) is 10.1 Å². The second kappa shape index (κ2) is 8.90. The maximum atomic E-state index is 13.0. The quantitative estimate of drug-likeness (QED) is 0.752. The largest absolute Gasteiger partial charge is 0.386 e. The number of quaternary nitrogens is 1. The normalized spacial score (nSPS) is 16.8. The SMILES string of the molecule is O[C@@H](CSc1ccc(Cl)cc1)C[NH+]1CCN(c2ccc(F)cc2)CC1. The number of hydrogen-bond donors (Lipinski definition) is 2. The molecule has 25 heavy (non-hydrogen) atoms. The molecule has 134 valence electrons. The van der Waals surface area contributed by atoms with Gasteiger partial charge in [0.05, 0.1) is 26.2 Å². The molecule has 2 aromatic carbocycles. The van der Waals surface area contributed by atoms with Crippen molar-refractivity contribution in [3.8, 4) is 0 Å². The zero-order chi connectivity index (χ0) is 17.6. The Kier molecular flexibility index (Phi) is 6.59. The molecule has 0 aliphatic carbocycles. The van der Waals surface area contributed by atoms with Crippen LogP contribution in [0.2, 0.25) is 5.02 Å². The maximum Gasteiger partial charge on any atom is 0.123 e. The second-order valence-electron chi connectivity index (χ2n) is 6.34. The summed E-state index contributed by atoms with van der Waals surface area (Å²) in [5.74, 6) is 0.488. The summed E-state index contributed by atoms with van der Waals surface area (Å²) in [4.78, 5) is 4.82. The zero-order valence-electron chi connectivity index (χ0n) is 14.0. The van der Waals surface area contributed by atoms with Gasteiger partial charge in [-0.1, -0.05) is 11.6 Å². The third-order valence-corrected chi connectivity index (χ3v) is 5.85. The van der Waals surface area contributed by atoms with Crippen molar-refractivity contribution < 1.29 is 14.4 Å². The molecule has 0 spiro atoms. The first kappa shape index (κ1) is 18.5. The van der Waals surface area contributed by atoms with Gasteiger partial charge in [0.2, 0.25) is 0 Å². The number of thioether (sulfide) groups is 1. The summed E-state index contributed by atoms with van der Waals surface area (Å²) in [6, 6.07) is 14.4. The molecule has 0 saturated carbocycles. The highest BCUT2D eigenvalue weighted by Crippen LogP contribution is 2.20. The van der Waals surface area contributed by atoms with Crippen LogP contribution in [0.15, 0.2) is 53.4 Å². The van der Waals surface area contributed by atoms with Gasteiger partial charge in [0.25, 0.3) is 0 Å². The van der Waals surface area contributed by atoms with E-state index in [4.69, 9.17) is 11.6 Å². The Balaban J connectivity index is 1.40. The fraction of sp³-hybridized carbons (Fsp3) is 0.368. The first-order valence-electron chi connectivity index (χ1n) is 8.50. The minimum atomic E-state index is -0.326. The molecule has 6 heteroatoms. The van der Waals surface area contributed by atoms with E-state index < -0.39 is 0 Å². The van der Waals surface area contributed by atoms with Crippen LogP contribution in [0.5, 0.6) is 0 Å². The maximum absolute atomic E-state index is 13.0. The Morgan fingerprint density at radius 2 is 1.72 bits per heavy atom. The molecular weight excluding hydrogens is 359 g/mol. The Morgan fingerprint density at radius 3 is 2.36 bits per heavy atom. The lowest BCUT2D eigenvalue weighted by molar-refractivity contribution is -0.903. The molecule has 3 nitrogen and oxygen atoms in total. The smallest absolute Gasteiger partial charge is 0.123 e. The van der Waals surface area contributed by atoms with E-state index in [1.54, 1.807) is 11.8 Å². The average molecular weight is 382 g/mol. The van der Waals surface area contributed by atoms with E-state index in [0.717, 1.165) is 48.3 Å². The number of aliphatic hydroxyl groups excluding tert-OH is 1. The Morgan fingerprint density at radius 1 is 1.08 bits per heavy atom. The van der Waals surface area contributed by atoms with Crippen LogP contribution in [0, 0.1) is 5.82 Å². The van der Waals surface area contributed by atoms with E-state index >= 15 is 0 Å². The number of hydrogen-bond acceptors (Lipinski definition) is 3. The monoisotopic (exact) mass is 381 g/mol. The summed E-state index contributed by atoms with van der Waals surface area (Å²) in [5.41, 5.74) is 1.07. The first-order chi connectivity index (χ1) is 12.1. The van der Waals surface area contributed by atoms with Gasteiger partial charge in [-0.3, -0.25) is 0 Å². The third-order valence-electron chi connectivity index (χ3n) is 4.44. The molecule has 3 rings (SSSR count). The predicted molar refractivity (Wildman–Crippen MR) is 102 cm³/mol. The fourth-order valence-corrected chi connectivity index (χ4v) is 4.01. The van der Waals surface area contributed by atoms with Gasteiger partial charge in [-0.2, -0.15) is 0 Å². The molecular formula is C19H23ClFN2OS+. The van der Waals surface area contributed by atoms with E-state index in [1.807, 2.05) is 36.4 Å². The molecule has 1 aliphatic rings. The summed E-state index contributed by atoms with van der Waals surface area (Å²) in [6.45, 7) is 4.59. The highest BCUT2D eigenvalue weighted by Gasteiger charge is 2.22. The van der Waals surface area contributed by atoms with Crippen molar-refractivity contribution in [1.82, 2.24) is 0 Å².